The van der Waals surface area contributed by atoms with Crippen molar-refractivity contribution in [3.63, 3.8) is 0 Å². The summed E-state index contributed by atoms with van der Waals surface area (Å²) in [6, 6.07) is 14.0. The standard InChI is InChI=1S/C27H24F4/c1-2-18-3-8-20(9-4-18)22-13-16-25-23(17-22)12-11-21(26(25)28)10-5-19-6-14-24(15-7-19)27(29,30)31/h6-7,11-18,20H,2-4,8-9H2,1H3. The lowest BCUT2D eigenvalue weighted by Crippen LogP contribution is -2.12. The normalized spacial score (nSPS) is 19.1. The van der Waals surface area contributed by atoms with Crippen molar-refractivity contribution in [1.29, 1.82) is 0 Å². The van der Waals surface area contributed by atoms with E-state index < -0.39 is 17.6 Å². The molecule has 0 aliphatic heterocycles. The summed E-state index contributed by atoms with van der Waals surface area (Å²) in [5.74, 6) is 6.50. The molecule has 0 aromatic heterocycles. The van der Waals surface area contributed by atoms with Crippen LogP contribution in [0.2, 0.25) is 0 Å². The number of halogens is 4. The summed E-state index contributed by atoms with van der Waals surface area (Å²) in [6.07, 6.45) is 1.74. The number of rotatable bonds is 2. The average molecular weight is 424 g/mol. The van der Waals surface area contributed by atoms with Gasteiger partial charge in [-0.3, -0.25) is 0 Å². The van der Waals surface area contributed by atoms with Crippen molar-refractivity contribution >= 4 is 10.8 Å². The molecule has 0 unspecified atom stereocenters. The zero-order valence-corrected chi connectivity index (χ0v) is 17.4. The van der Waals surface area contributed by atoms with Gasteiger partial charge in [0.05, 0.1) is 11.1 Å². The molecule has 3 aromatic rings. The minimum Gasteiger partial charge on any atom is -0.205 e. The van der Waals surface area contributed by atoms with E-state index >= 15 is 4.39 Å². The van der Waals surface area contributed by atoms with Crippen LogP contribution in [-0.2, 0) is 6.18 Å². The Balaban J connectivity index is 1.56. The first kappa shape index (κ1) is 21.4. The number of fused-ring (bicyclic) bond motifs is 1. The van der Waals surface area contributed by atoms with Crippen molar-refractivity contribution in [1.82, 2.24) is 0 Å². The van der Waals surface area contributed by atoms with E-state index in [-0.39, 0.29) is 5.56 Å². The number of benzene rings is 3. The van der Waals surface area contributed by atoms with Crippen molar-refractivity contribution in [2.45, 2.75) is 51.1 Å². The van der Waals surface area contributed by atoms with Gasteiger partial charge in [0, 0.05) is 10.9 Å². The summed E-state index contributed by atoms with van der Waals surface area (Å²) in [5.41, 5.74) is 1.19. The van der Waals surface area contributed by atoms with Gasteiger partial charge >= 0.3 is 6.18 Å². The van der Waals surface area contributed by atoms with Crippen LogP contribution in [0.1, 0.15) is 67.2 Å². The third-order valence-electron chi connectivity index (χ3n) is 6.43. The Morgan fingerprint density at radius 1 is 0.871 bits per heavy atom. The van der Waals surface area contributed by atoms with Gasteiger partial charge in [0.1, 0.15) is 5.82 Å². The molecule has 1 aliphatic rings. The van der Waals surface area contributed by atoms with Crippen LogP contribution in [0.3, 0.4) is 0 Å². The predicted molar refractivity (Wildman–Crippen MR) is 116 cm³/mol. The Morgan fingerprint density at radius 3 is 2.23 bits per heavy atom. The summed E-state index contributed by atoms with van der Waals surface area (Å²) in [5, 5.41) is 1.37. The lowest BCUT2D eigenvalue weighted by atomic mass is 9.77. The van der Waals surface area contributed by atoms with Crippen LogP contribution >= 0.6 is 0 Å². The quantitative estimate of drug-likeness (QED) is 0.288. The van der Waals surface area contributed by atoms with Crippen molar-refractivity contribution in [2.75, 3.05) is 0 Å². The summed E-state index contributed by atoms with van der Waals surface area (Å²) < 4.78 is 53.0. The topological polar surface area (TPSA) is 0 Å². The molecule has 31 heavy (non-hydrogen) atoms. The van der Waals surface area contributed by atoms with E-state index in [2.05, 4.69) is 24.8 Å². The summed E-state index contributed by atoms with van der Waals surface area (Å²) in [6.45, 7) is 2.25. The molecular formula is C27H24F4. The fraction of sp³-hybridized carbons (Fsp3) is 0.333. The molecule has 0 heterocycles. The van der Waals surface area contributed by atoms with Crippen LogP contribution in [0.5, 0.6) is 0 Å². The molecule has 160 valence electrons. The van der Waals surface area contributed by atoms with E-state index in [0.29, 0.717) is 16.9 Å². The van der Waals surface area contributed by atoms with Gasteiger partial charge in [-0.2, -0.15) is 13.2 Å². The molecule has 4 heteroatoms. The molecule has 0 radical (unpaired) electrons. The Morgan fingerprint density at radius 2 is 1.58 bits per heavy atom. The molecule has 0 saturated heterocycles. The second-order valence-corrected chi connectivity index (χ2v) is 8.36. The number of hydrogen-bond donors (Lipinski definition) is 0. The molecule has 0 atom stereocenters. The average Bonchev–Trinajstić information content (AvgIpc) is 2.78. The first-order valence-corrected chi connectivity index (χ1v) is 10.8. The fourth-order valence-corrected chi connectivity index (χ4v) is 4.45. The number of alkyl halides is 3. The molecule has 1 aliphatic carbocycles. The Kier molecular flexibility index (Phi) is 6.05. The maximum atomic E-state index is 15.0. The lowest BCUT2D eigenvalue weighted by Gasteiger charge is -2.28. The largest absolute Gasteiger partial charge is 0.416 e. The molecule has 0 amide bonds. The molecule has 0 N–H and O–H groups in total. The van der Waals surface area contributed by atoms with Crippen molar-refractivity contribution < 1.29 is 17.6 Å². The zero-order valence-electron chi connectivity index (χ0n) is 17.4. The number of hydrogen-bond acceptors (Lipinski definition) is 0. The maximum absolute atomic E-state index is 15.0. The monoisotopic (exact) mass is 424 g/mol. The fourth-order valence-electron chi connectivity index (χ4n) is 4.45. The summed E-state index contributed by atoms with van der Waals surface area (Å²) >= 11 is 0. The van der Waals surface area contributed by atoms with E-state index in [1.165, 1.54) is 49.8 Å². The third kappa shape index (κ3) is 4.77. The third-order valence-corrected chi connectivity index (χ3v) is 6.43. The van der Waals surface area contributed by atoms with Crippen molar-refractivity contribution in [2.24, 2.45) is 5.92 Å². The van der Waals surface area contributed by atoms with Crippen LogP contribution in [0.15, 0.2) is 54.6 Å². The van der Waals surface area contributed by atoms with E-state index in [9.17, 15) is 13.2 Å². The second-order valence-electron chi connectivity index (χ2n) is 8.36. The van der Waals surface area contributed by atoms with E-state index in [4.69, 9.17) is 0 Å². The predicted octanol–water partition coefficient (Wildman–Crippen LogP) is 8.08. The molecule has 1 fully saturated rings. The van der Waals surface area contributed by atoms with Gasteiger partial charge in [-0.05, 0) is 78.8 Å². The molecule has 4 rings (SSSR count). The van der Waals surface area contributed by atoms with Crippen LogP contribution in [0.25, 0.3) is 10.8 Å². The van der Waals surface area contributed by atoms with E-state index in [1.807, 2.05) is 18.2 Å². The van der Waals surface area contributed by atoms with Gasteiger partial charge in [0.15, 0.2) is 0 Å². The van der Waals surface area contributed by atoms with Gasteiger partial charge in [0.2, 0.25) is 0 Å². The Hall–Kier alpha value is -2.80. The molecular weight excluding hydrogens is 400 g/mol. The molecule has 1 saturated carbocycles. The first-order valence-electron chi connectivity index (χ1n) is 10.8. The Labute approximate surface area is 180 Å². The highest BCUT2D eigenvalue weighted by Crippen LogP contribution is 2.38. The smallest absolute Gasteiger partial charge is 0.205 e. The van der Waals surface area contributed by atoms with Gasteiger partial charge in [-0.15, -0.1) is 0 Å². The highest BCUT2D eigenvalue weighted by atomic mass is 19.4. The van der Waals surface area contributed by atoms with Gasteiger partial charge in [-0.1, -0.05) is 49.5 Å². The van der Waals surface area contributed by atoms with Crippen LogP contribution < -0.4 is 0 Å². The molecule has 3 aromatic carbocycles. The lowest BCUT2D eigenvalue weighted by molar-refractivity contribution is -0.137. The van der Waals surface area contributed by atoms with Crippen LogP contribution in [0, 0.1) is 23.6 Å². The minimum atomic E-state index is -4.38. The highest BCUT2D eigenvalue weighted by molar-refractivity contribution is 5.85. The molecule has 0 spiro atoms. The maximum Gasteiger partial charge on any atom is 0.416 e. The summed E-state index contributed by atoms with van der Waals surface area (Å²) in [7, 11) is 0. The van der Waals surface area contributed by atoms with Crippen LogP contribution in [0.4, 0.5) is 17.6 Å². The van der Waals surface area contributed by atoms with Crippen molar-refractivity contribution in [3.05, 3.63) is 82.7 Å². The second kappa shape index (κ2) is 8.75. The SMILES string of the molecule is CCC1CCC(c2ccc3c(F)c(C#Cc4ccc(C(F)(F)F)cc4)ccc3c2)CC1. The van der Waals surface area contributed by atoms with Crippen molar-refractivity contribution in [3.8, 4) is 11.8 Å². The van der Waals surface area contributed by atoms with E-state index in [1.54, 1.807) is 6.07 Å². The molecule has 0 bridgehead atoms. The minimum absolute atomic E-state index is 0.239. The molecule has 0 nitrogen and oxygen atoms in total. The van der Waals surface area contributed by atoms with Gasteiger partial charge < -0.3 is 0 Å². The summed E-state index contributed by atoms with van der Waals surface area (Å²) in [4.78, 5) is 0. The van der Waals surface area contributed by atoms with E-state index in [0.717, 1.165) is 23.4 Å². The first-order chi connectivity index (χ1) is 14.8. The zero-order chi connectivity index (χ0) is 22.0. The van der Waals surface area contributed by atoms with Gasteiger partial charge in [0.25, 0.3) is 0 Å². The highest BCUT2D eigenvalue weighted by Gasteiger charge is 2.29. The van der Waals surface area contributed by atoms with Gasteiger partial charge in [-0.25, -0.2) is 4.39 Å². The Bertz CT molecular complexity index is 1120. The van der Waals surface area contributed by atoms with Crippen LogP contribution in [-0.4, -0.2) is 0 Å².